The summed E-state index contributed by atoms with van der Waals surface area (Å²) in [5, 5.41) is 2.54. The summed E-state index contributed by atoms with van der Waals surface area (Å²) in [5.41, 5.74) is 9.52. The number of aromatic nitrogens is 1. The first-order valence-corrected chi connectivity index (χ1v) is 13.7. The van der Waals surface area contributed by atoms with Crippen molar-refractivity contribution in [1.82, 2.24) is 4.57 Å². The summed E-state index contributed by atoms with van der Waals surface area (Å²) < 4.78 is 2.40. The Kier molecular flexibility index (Phi) is 5.24. The van der Waals surface area contributed by atoms with Gasteiger partial charge in [-0.2, -0.15) is 0 Å². The van der Waals surface area contributed by atoms with Crippen LogP contribution in [0.2, 0.25) is 0 Å². The Morgan fingerprint density at radius 2 is 0.850 bits per heavy atom. The van der Waals surface area contributed by atoms with Crippen LogP contribution >= 0.6 is 0 Å². The topological polar surface area (TPSA) is 11.4 Å². The Labute approximate surface area is 234 Å². The summed E-state index contributed by atoms with van der Waals surface area (Å²) in [7, 11) is 0. The van der Waals surface area contributed by atoms with Crippen LogP contribution in [0.25, 0.3) is 27.5 Å². The highest BCUT2D eigenvalue weighted by Gasteiger charge is 2.43. The normalized spacial score (nSPS) is 12.8. The molecule has 7 aromatic rings. The van der Waals surface area contributed by atoms with Crippen molar-refractivity contribution in [2.24, 2.45) is 0 Å². The second-order valence-corrected chi connectivity index (χ2v) is 10.2. The van der Waals surface area contributed by atoms with Gasteiger partial charge in [0.15, 0.2) is 0 Å². The van der Waals surface area contributed by atoms with Crippen LogP contribution in [0.3, 0.4) is 0 Å². The lowest BCUT2D eigenvalue weighted by Crippen LogP contribution is -2.53. The maximum absolute atomic E-state index is 2.48. The molecule has 6 aromatic carbocycles. The first-order valence-electron chi connectivity index (χ1n) is 13.7. The number of hydrogen-bond donors (Lipinski definition) is 0. The van der Waals surface area contributed by atoms with Gasteiger partial charge < -0.3 is 14.2 Å². The quantitative estimate of drug-likeness (QED) is 0.220. The highest BCUT2D eigenvalue weighted by atomic mass is 15.3. The van der Waals surface area contributed by atoms with E-state index in [1.54, 1.807) is 0 Å². The molecule has 0 N–H and O–H groups in total. The maximum Gasteiger partial charge on any atom is 0.420 e. The van der Waals surface area contributed by atoms with Gasteiger partial charge in [0.25, 0.3) is 0 Å². The van der Waals surface area contributed by atoms with Gasteiger partial charge in [-0.25, -0.2) is 0 Å². The highest BCUT2D eigenvalue weighted by molar-refractivity contribution is 6.84. The Hall–Kier alpha value is -5.22. The molecule has 0 saturated carbocycles. The Morgan fingerprint density at radius 1 is 0.375 bits per heavy atom. The van der Waals surface area contributed by atoms with Gasteiger partial charge in [-0.3, -0.25) is 0 Å². The summed E-state index contributed by atoms with van der Waals surface area (Å²) in [4.78, 5) is 4.95. The Bertz CT molecular complexity index is 1910. The van der Waals surface area contributed by atoms with Gasteiger partial charge in [-0.15, -0.1) is 0 Å². The van der Waals surface area contributed by atoms with E-state index in [-0.39, 0.29) is 6.98 Å². The van der Waals surface area contributed by atoms with Crippen LogP contribution in [-0.2, 0) is 0 Å². The van der Waals surface area contributed by atoms with Gasteiger partial charge in [0.1, 0.15) is 0 Å². The minimum absolute atomic E-state index is 0.0330. The van der Waals surface area contributed by atoms with E-state index in [0.717, 1.165) is 11.4 Å². The molecule has 40 heavy (non-hydrogen) atoms. The van der Waals surface area contributed by atoms with Crippen LogP contribution in [0.15, 0.2) is 158 Å². The number of fused-ring (bicyclic) bond motifs is 4. The molecule has 0 radical (unpaired) electrons. The summed E-state index contributed by atoms with van der Waals surface area (Å²) in [6.45, 7) is -0.0330. The minimum atomic E-state index is -0.0330. The maximum atomic E-state index is 2.48. The standard InChI is InChI=1S/C36H26BN3/c1-4-14-27(15-5-1)37-39(28-16-6-2-7-17-28)35-25-24-30(26-36(35)40(37)29-18-8-3-9-19-29)38-33-22-12-10-20-31(33)32-21-11-13-23-34(32)38/h1-26H. The third kappa shape index (κ3) is 3.46. The van der Waals surface area contributed by atoms with E-state index >= 15 is 0 Å². The molecular weight excluding hydrogens is 485 g/mol. The first-order chi connectivity index (χ1) is 19.9. The van der Waals surface area contributed by atoms with Crippen LogP contribution in [-0.4, -0.2) is 11.5 Å². The van der Waals surface area contributed by atoms with Crippen molar-refractivity contribution in [2.45, 2.75) is 0 Å². The van der Waals surface area contributed by atoms with Crippen molar-refractivity contribution >= 4 is 57.0 Å². The molecule has 1 aliphatic heterocycles. The number of benzene rings is 6. The average molecular weight is 511 g/mol. The number of hydrogen-bond acceptors (Lipinski definition) is 2. The molecule has 2 heterocycles. The molecule has 0 atom stereocenters. The zero-order valence-electron chi connectivity index (χ0n) is 21.9. The van der Waals surface area contributed by atoms with Gasteiger partial charge in [0, 0.05) is 27.8 Å². The van der Waals surface area contributed by atoms with Gasteiger partial charge >= 0.3 is 6.98 Å². The minimum Gasteiger partial charge on any atom is -0.360 e. The summed E-state index contributed by atoms with van der Waals surface area (Å²) in [5.74, 6) is 0. The van der Waals surface area contributed by atoms with E-state index in [1.807, 2.05) is 0 Å². The molecule has 1 aliphatic rings. The lowest BCUT2D eigenvalue weighted by atomic mass is 9.64. The molecule has 0 aliphatic carbocycles. The van der Waals surface area contributed by atoms with Crippen LogP contribution in [0.4, 0.5) is 22.7 Å². The van der Waals surface area contributed by atoms with E-state index in [4.69, 9.17) is 0 Å². The molecule has 3 nitrogen and oxygen atoms in total. The average Bonchev–Trinajstić information content (AvgIpc) is 3.55. The van der Waals surface area contributed by atoms with E-state index in [9.17, 15) is 0 Å². The molecule has 0 unspecified atom stereocenters. The van der Waals surface area contributed by atoms with Gasteiger partial charge in [0.05, 0.1) is 22.4 Å². The second-order valence-electron chi connectivity index (χ2n) is 10.2. The molecule has 0 saturated heterocycles. The summed E-state index contributed by atoms with van der Waals surface area (Å²) in [6, 6.07) is 56.6. The molecule has 0 spiro atoms. The molecule has 1 aromatic heterocycles. The van der Waals surface area contributed by atoms with Gasteiger partial charge in [-0.1, -0.05) is 103 Å². The van der Waals surface area contributed by atoms with E-state index < -0.39 is 0 Å². The molecule has 4 heteroatoms. The van der Waals surface area contributed by atoms with Crippen LogP contribution in [0.1, 0.15) is 0 Å². The van der Waals surface area contributed by atoms with E-state index in [2.05, 4.69) is 172 Å². The second kappa shape index (κ2) is 9.21. The number of rotatable bonds is 4. The third-order valence-corrected chi connectivity index (χ3v) is 7.97. The zero-order chi connectivity index (χ0) is 26.5. The van der Waals surface area contributed by atoms with Gasteiger partial charge in [-0.05, 0) is 60.1 Å². The number of nitrogens with zero attached hydrogens (tertiary/aromatic N) is 3. The monoisotopic (exact) mass is 511 g/mol. The molecule has 0 amide bonds. The summed E-state index contributed by atoms with van der Waals surface area (Å²) in [6.07, 6.45) is 0. The van der Waals surface area contributed by atoms with Crippen molar-refractivity contribution in [3.8, 4) is 5.69 Å². The SMILES string of the molecule is c1ccc(B2N(c3ccccc3)c3ccc(-n4c5ccccc5c5ccccc54)cc3N2c2ccccc2)cc1. The van der Waals surface area contributed by atoms with Crippen LogP contribution in [0, 0.1) is 0 Å². The van der Waals surface area contributed by atoms with Crippen LogP contribution in [0.5, 0.6) is 0 Å². The Balaban J connectivity index is 1.42. The predicted molar refractivity (Wildman–Crippen MR) is 170 cm³/mol. The van der Waals surface area contributed by atoms with Crippen molar-refractivity contribution in [2.75, 3.05) is 9.62 Å². The number of anilines is 4. The third-order valence-electron chi connectivity index (χ3n) is 7.97. The van der Waals surface area contributed by atoms with Crippen molar-refractivity contribution in [3.05, 3.63) is 158 Å². The van der Waals surface area contributed by atoms with Gasteiger partial charge in [0.2, 0.25) is 0 Å². The van der Waals surface area contributed by atoms with E-state index in [1.165, 1.54) is 44.3 Å². The molecule has 188 valence electrons. The summed E-state index contributed by atoms with van der Waals surface area (Å²) >= 11 is 0. The first kappa shape index (κ1) is 22.7. The molecular formula is C36H26BN3. The predicted octanol–water partition coefficient (Wildman–Crippen LogP) is 8.47. The lowest BCUT2D eigenvalue weighted by molar-refractivity contribution is 1.18. The Morgan fingerprint density at radius 3 is 1.43 bits per heavy atom. The lowest BCUT2D eigenvalue weighted by Gasteiger charge is -2.30. The van der Waals surface area contributed by atoms with Crippen molar-refractivity contribution in [3.63, 3.8) is 0 Å². The van der Waals surface area contributed by atoms with E-state index in [0.29, 0.717) is 0 Å². The highest BCUT2D eigenvalue weighted by Crippen LogP contribution is 2.47. The fraction of sp³-hybridized carbons (Fsp3) is 0. The molecule has 0 fully saturated rings. The molecule has 8 rings (SSSR count). The largest absolute Gasteiger partial charge is 0.420 e. The van der Waals surface area contributed by atoms with Crippen molar-refractivity contribution < 1.29 is 0 Å². The van der Waals surface area contributed by atoms with Crippen molar-refractivity contribution in [1.29, 1.82) is 0 Å². The smallest absolute Gasteiger partial charge is 0.360 e. The molecule has 0 bridgehead atoms. The zero-order valence-corrected chi connectivity index (χ0v) is 21.9. The fourth-order valence-electron chi connectivity index (χ4n) is 6.29. The number of para-hydroxylation sites is 4. The fourth-order valence-corrected chi connectivity index (χ4v) is 6.29. The van der Waals surface area contributed by atoms with Crippen LogP contribution < -0.4 is 15.1 Å².